The average Bonchev–Trinajstić information content (AvgIpc) is 2.39. The summed E-state index contributed by atoms with van der Waals surface area (Å²) in [6.07, 6.45) is 5.75. The molecule has 1 N–H and O–H groups in total. The highest BCUT2D eigenvalue weighted by Crippen LogP contribution is 2.28. The van der Waals surface area contributed by atoms with Crippen LogP contribution in [0.2, 0.25) is 0 Å². The Morgan fingerprint density at radius 2 is 2.05 bits per heavy atom. The number of hydrogen-bond acceptors (Lipinski definition) is 2. The van der Waals surface area contributed by atoms with Gasteiger partial charge in [0.2, 0.25) is 0 Å². The van der Waals surface area contributed by atoms with Gasteiger partial charge < -0.3 is 0 Å². The fourth-order valence-corrected chi connectivity index (χ4v) is 3.05. The SMILES string of the molecule is CC(C#N)(NC1CCCCC1)c1ccc(Br)cc1F. The zero-order valence-electron chi connectivity index (χ0n) is 11.0. The predicted molar refractivity (Wildman–Crippen MR) is 77.1 cm³/mol. The predicted octanol–water partition coefficient (Wildman–Crippen LogP) is 4.25. The molecule has 0 aromatic heterocycles. The van der Waals surface area contributed by atoms with E-state index in [1.54, 1.807) is 19.1 Å². The maximum absolute atomic E-state index is 14.1. The summed E-state index contributed by atoms with van der Waals surface area (Å²) in [5, 5.41) is 12.8. The molecule has 4 heteroatoms. The molecule has 1 saturated carbocycles. The van der Waals surface area contributed by atoms with Gasteiger partial charge >= 0.3 is 0 Å². The second kappa shape index (κ2) is 6.02. The molecule has 102 valence electrons. The minimum atomic E-state index is -0.965. The Labute approximate surface area is 122 Å². The molecule has 1 fully saturated rings. The maximum Gasteiger partial charge on any atom is 0.132 e. The van der Waals surface area contributed by atoms with Crippen molar-refractivity contribution < 1.29 is 4.39 Å². The van der Waals surface area contributed by atoms with Gasteiger partial charge in [0, 0.05) is 16.1 Å². The van der Waals surface area contributed by atoms with E-state index in [0.717, 1.165) is 12.8 Å². The molecule has 0 bridgehead atoms. The zero-order chi connectivity index (χ0) is 13.9. The molecule has 0 aliphatic heterocycles. The average molecular weight is 325 g/mol. The lowest BCUT2D eigenvalue weighted by atomic mass is 9.88. The van der Waals surface area contributed by atoms with Gasteiger partial charge in [0.15, 0.2) is 0 Å². The van der Waals surface area contributed by atoms with Crippen LogP contribution in [-0.2, 0) is 5.54 Å². The van der Waals surface area contributed by atoms with Crippen molar-refractivity contribution in [3.63, 3.8) is 0 Å². The van der Waals surface area contributed by atoms with Gasteiger partial charge in [0.25, 0.3) is 0 Å². The standard InChI is InChI=1S/C15H18BrFN2/c1-15(10-18,19-12-5-3-2-4-6-12)13-8-7-11(16)9-14(13)17/h7-9,12,19H,2-6H2,1H3. The molecule has 2 nitrogen and oxygen atoms in total. The smallest absolute Gasteiger partial charge is 0.132 e. The van der Waals surface area contributed by atoms with Crippen LogP contribution in [0.1, 0.15) is 44.6 Å². The summed E-state index contributed by atoms with van der Waals surface area (Å²) in [6.45, 7) is 1.76. The number of benzene rings is 1. The van der Waals surface area contributed by atoms with Crippen molar-refractivity contribution in [2.75, 3.05) is 0 Å². The Balaban J connectivity index is 2.23. The quantitative estimate of drug-likeness (QED) is 0.902. The van der Waals surface area contributed by atoms with Gasteiger partial charge in [-0.15, -0.1) is 0 Å². The molecule has 0 saturated heterocycles. The largest absolute Gasteiger partial charge is 0.293 e. The highest BCUT2D eigenvalue weighted by molar-refractivity contribution is 9.10. The summed E-state index contributed by atoms with van der Waals surface area (Å²) in [4.78, 5) is 0. The first-order valence-corrected chi connectivity index (χ1v) is 7.49. The van der Waals surface area contributed by atoms with Crippen LogP contribution in [-0.4, -0.2) is 6.04 Å². The Bertz CT molecular complexity index is 491. The number of nitrogens with zero attached hydrogens (tertiary/aromatic N) is 1. The van der Waals surface area contributed by atoms with Crippen molar-refractivity contribution in [2.24, 2.45) is 0 Å². The van der Waals surface area contributed by atoms with Crippen molar-refractivity contribution in [3.05, 3.63) is 34.1 Å². The second-order valence-electron chi connectivity index (χ2n) is 5.34. The number of nitrogens with one attached hydrogen (secondary N) is 1. The van der Waals surface area contributed by atoms with E-state index >= 15 is 0 Å². The van der Waals surface area contributed by atoms with Gasteiger partial charge in [-0.1, -0.05) is 41.3 Å². The van der Waals surface area contributed by atoms with Crippen LogP contribution in [0.4, 0.5) is 4.39 Å². The minimum Gasteiger partial charge on any atom is -0.293 e. The van der Waals surface area contributed by atoms with E-state index in [9.17, 15) is 9.65 Å². The van der Waals surface area contributed by atoms with Crippen LogP contribution in [0.5, 0.6) is 0 Å². The first kappa shape index (κ1) is 14.5. The lowest BCUT2D eigenvalue weighted by molar-refractivity contribution is 0.305. The summed E-state index contributed by atoms with van der Waals surface area (Å²) in [5.74, 6) is -0.346. The van der Waals surface area contributed by atoms with Crippen LogP contribution in [0, 0.1) is 17.1 Å². The summed E-state index contributed by atoms with van der Waals surface area (Å²) in [6, 6.07) is 7.41. The molecule has 0 spiro atoms. The Kier molecular flexibility index (Phi) is 4.59. The lowest BCUT2D eigenvalue weighted by Crippen LogP contribution is -2.46. The first-order valence-electron chi connectivity index (χ1n) is 6.69. The summed E-state index contributed by atoms with van der Waals surface area (Å²) >= 11 is 3.24. The molecule has 0 heterocycles. The van der Waals surface area contributed by atoms with Gasteiger partial charge in [-0.25, -0.2) is 4.39 Å². The van der Waals surface area contributed by atoms with Gasteiger partial charge in [-0.3, -0.25) is 5.32 Å². The van der Waals surface area contributed by atoms with Gasteiger partial charge in [0.05, 0.1) is 6.07 Å². The van der Waals surface area contributed by atoms with Crippen LogP contribution < -0.4 is 5.32 Å². The first-order chi connectivity index (χ1) is 9.05. The highest BCUT2D eigenvalue weighted by atomic mass is 79.9. The number of nitriles is 1. The van der Waals surface area contributed by atoms with E-state index in [1.807, 2.05) is 0 Å². The van der Waals surface area contributed by atoms with Crippen molar-refractivity contribution in [3.8, 4) is 6.07 Å². The molecule has 0 amide bonds. The van der Waals surface area contributed by atoms with Gasteiger partial charge in [-0.05, 0) is 31.9 Å². The number of rotatable bonds is 3. The van der Waals surface area contributed by atoms with E-state index in [0.29, 0.717) is 16.1 Å². The molecular formula is C15H18BrFN2. The fraction of sp³-hybridized carbons (Fsp3) is 0.533. The van der Waals surface area contributed by atoms with Crippen molar-refractivity contribution >= 4 is 15.9 Å². The molecule has 1 aliphatic carbocycles. The van der Waals surface area contributed by atoms with Gasteiger partial charge in [0.1, 0.15) is 11.4 Å². The van der Waals surface area contributed by atoms with E-state index in [-0.39, 0.29) is 5.82 Å². The Morgan fingerprint density at radius 3 is 2.63 bits per heavy atom. The molecular weight excluding hydrogens is 307 g/mol. The van der Waals surface area contributed by atoms with Crippen LogP contribution in [0.15, 0.2) is 22.7 Å². The highest BCUT2D eigenvalue weighted by Gasteiger charge is 2.32. The third-order valence-electron chi connectivity index (χ3n) is 3.79. The summed E-state index contributed by atoms with van der Waals surface area (Å²) < 4.78 is 14.8. The van der Waals surface area contributed by atoms with Crippen LogP contribution in [0.3, 0.4) is 0 Å². The normalized spacial score (nSPS) is 19.7. The van der Waals surface area contributed by atoms with Crippen molar-refractivity contribution in [2.45, 2.75) is 50.6 Å². The van der Waals surface area contributed by atoms with E-state index in [1.165, 1.54) is 25.3 Å². The molecule has 1 unspecified atom stereocenters. The molecule has 19 heavy (non-hydrogen) atoms. The molecule has 1 atom stereocenters. The van der Waals surface area contributed by atoms with Crippen LogP contribution >= 0.6 is 15.9 Å². The molecule has 1 aromatic carbocycles. The number of hydrogen-bond donors (Lipinski definition) is 1. The monoisotopic (exact) mass is 324 g/mol. The number of halogens is 2. The Morgan fingerprint density at radius 1 is 1.37 bits per heavy atom. The fourth-order valence-electron chi connectivity index (χ4n) is 2.72. The molecule has 1 aliphatic rings. The Hall–Kier alpha value is -0.920. The van der Waals surface area contributed by atoms with Crippen molar-refractivity contribution in [1.29, 1.82) is 5.26 Å². The zero-order valence-corrected chi connectivity index (χ0v) is 12.6. The van der Waals surface area contributed by atoms with Crippen LogP contribution in [0.25, 0.3) is 0 Å². The van der Waals surface area contributed by atoms with Gasteiger partial charge in [-0.2, -0.15) is 5.26 Å². The minimum absolute atomic E-state index is 0.307. The van der Waals surface area contributed by atoms with E-state index in [4.69, 9.17) is 0 Å². The lowest BCUT2D eigenvalue weighted by Gasteiger charge is -2.32. The summed E-state index contributed by atoms with van der Waals surface area (Å²) in [7, 11) is 0. The third kappa shape index (κ3) is 3.34. The molecule has 2 rings (SSSR count). The van der Waals surface area contributed by atoms with Crippen molar-refractivity contribution in [1.82, 2.24) is 5.32 Å². The van der Waals surface area contributed by atoms with E-state index < -0.39 is 5.54 Å². The third-order valence-corrected chi connectivity index (χ3v) is 4.28. The maximum atomic E-state index is 14.1. The topological polar surface area (TPSA) is 35.8 Å². The second-order valence-corrected chi connectivity index (χ2v) is 6.26. The molecule has 0 radical (unpaired) electrons. The summed E-state index contributed by atoms with van der Waals surface area (Å²) in [5.41, 5.74) is -0.545. The van der Waals surface area contributed by atoms with E-state index in [2.05, 4.69) is 27.3 Å². The molecule has 1 aromatic rings.